The van der Waals surface area contributed by atoms with Crippen LogP contribution >= 0.6 is 11.6 Å². The van der Waals surface area contributed by atoms with Gasteiger partial charge in [-0.2, -0.15) is 8.78 Å². The first-order valence-corrected chi connectivity index (χ1v) is 27.6. The lowest BCUT2D eigenvalue weighted by Crippen LogP contribution is -2.59. The smallest absolute Gasteiger partial charge is 0.444 e. The summed E-state index contributed by atoms with van der Waals surface area (Å²) < 4.78 is 57.2. The third-order valence-corrected chi connectivity index (χ3v) is 12.9. The van der Waals surface area contributed by atoms with Crippen LogP contribution in [0.1, 0.15) is 123 Å². The predicted molar refractivity (Wildman–Crippen MR) is 308 cm³/mol. The maximum atomic E-state index is 15.3. The first kappa shape index (κ1) is 67.4. The number of halogens is 3. The van der Waals surface area contributed by atoms with Gasteiger partial charge in [-0.3, -0.25) is 28.8 Å². The summed E-state index contributed by atoms with van der Waals surface area (Å²) in [5.74, 6) is -11.9. The van der Waals surface area contributed by atoms with E-state index < -0.39 is 119 Å². The number of carbonyl (C=O) groups is 9. The van der Waals surface area contributed by atoms with Crippen LogP contribution in [0.5, 0.6) is 11.5 Å². The summed E-state index contributed by atoms with van der Waals surface area (Å²) >= 11 is 6.10. The third-order valence-electron chi connectivity index (χ3n) is 12.7. The number of hydrogen-bond donors (Lipinski definition) is 7. The summed E-state index contributed by atoms with van der Waals surface area (Å²) in [5, 5.41) is 23.7. The van der Waals surface area contributed by atoms with Gasteiger partial charge in [-0.1, -0.05) is 48.0 Å². The number of benzene rings is 4. The van der Waals surface area contributed by atoms with Crippen molar-refractivity contribution in [3.05, 3.63) is 107 Å². The molecule has 25 heteroatoms. The Morgan fingerprint density at radius 2 is 1.26 bits per heavy atom. The summed E-state index contributed by atoms with van der Waals surface area (Å²) in [5.41, 5.74) is 3.65. The Balaban J connectivity index is 1.67. The molecule has 22 nitrogen and oxygen atoms in total. The van der Waals surface area contributed by atoms with Crippen LogP contribution in [0.15, 0.2) is 84.9 Å². The maximum Gasteiger partial charge on any atom is 0.514 e. The summed E-state index contributed by atoms with van der Waals surface area (Å²) in [4.78, 5) is 125. The molecule has 1 heterocycles. The van der Waals surface area contributed by atoms with E-state index in [1.807, 2.05) is 0 Å². The molecule has 4 aromatic rings. The molecule has 85 heavy (non-hydrogen) atoms. The van der Waals surface area contributed by atoms with E-state index in [0.29, 0.717) is 11.4 Å². The van der Waals surface area contributed by atoms with Gasteiger partial charge >= 0.3 is 24.3 Å². The molecule has 0 fully saturated rings. The van der Waals surface area contributed by atoms with E-state index in [4.69, 9.17) is 41.0 Å². The number of aliphatic hydroxyl groups is 1. The number of rotatable bonds is 17. The molecule has 0 aromatic heterocycles. The molecule has 0 saturated carbocycles. The average Bonchev–Trinajstić information content (AvgIpc) is 1.62. The van der Waals surface area contributed by atoms with Crippen molar-refractivity contribution < 1.29 is 80.7 Å². The second kappa shape index (κ2) is 28.0. The molecule has 1 unspecified atom stereocenters. The highest BCUT2D eigenvalue weighted by Crippen LogP contribution is 2.41. The monoisotopic (exact) mass is 1210 g/mol. The van der Waals surface area contributed by atoms with Crippen molar-refractivity contribution in [3.63, 3.8) is 0 Å². The molecular weight excluding hydrogens is 1130 g/mol. The third kappa shape index (κ3) is 19.6. The van der Waals surface area contributed by atoms with E-state index in [2.05, 4.69) is 26.6 Å². The van der Waals surface area contributed by atoms with E-state index in [1.54, 1.807) is 111 Å². The molecule has 7 amide bonds. The summed E-state index contributed by atoms with van der Waals surface area (Å²) in [6.45, 7) is 16.9. The van der Waals surface area contributed by atoms with Crippen molar-refractivity contribution in [2.75, 3.05) is 13.6 Å². The lowest BCUT2D eigenvalue weighted by atomic mass is 9.93. The quantitative estimate of drug-likeness (QED) is 0.0229. The number of nitrogens with one attached hydrogen (secondary N) is 5. The topological polar surface area (TPSA) is 309 Å². The van der Waals surface area contributed by atoms with Crippen LogP contribution in [-0.2, 0) is 44.6 Å². The highest BCUT2D eigenvalue weighted by Gasteiger charge is 2.48. The number of primary amides is 1. The standard InChI is InChI=1S/C60H74ClF2N7O15/c1-32(47(71)60(62,63)53(64)77)66-50(74)43-30-34-16-26-44(81-55(79)84-58(6,7)8)40(29-34)41-31-38(23-27-45(41)82-56(80)85-59(9,10)11)46(51(75)67-33(2)48(72)69-43)70(12)52(76)42(15-13-14-28-65-54(78)83-57(3,4)5)68-49(73)37-19-17-35(18-20-37)36-21-24-39(61)25-22-36/h16-27,29,31-33,42-43,46-47,71H,13-15,28,30H2,1-12H3,(H2,64,77)(H,65,78)(H,66,74)(H,67,75)(H,68,73)(H,69,72)/t32-,33-,42-,43-,46-,47?/m0/s1. The zero-order chi connectivity index (χ0) is 63.5. The predicted octanol–water partition coefficient (Wildman–Crippen LogP) is 7.83. The number of nitrogens with two attached hydrogens (primary N) is 1. The number of likely N-dealkylation sites (N-methyl/N-ethyl adjacent to an activating group) is 1. The van der Waals surface area contributed by atoms with Gasteiger partial charge in [0.1, 0.15) is 58.6 Å². The van der Waals surface area contributed by atoms with Crippen LogP contribution in [0.2, 0.25) is 5.02 Å². The molecular formula is C60H74ClF2N7O15. The molecule has 0 saturated heterocycles. The average molecular weight is 1210 g/mol. The summed E-state index contributed by atoms with van der Waals surface area (Å²) in [6, 6.07) is 13.4. The SMILES string of the molecule is C[C@@H]1NC(=O)[C@@H](N(C)C(=O)[C@H](CCCCNC(=O)OC(C)(C)C)NC(=O)c2ccc(-c3ccc(Cl)cc3)cc2)c2ccc(OC(=O)OC(C)(C)C)c(c2)-c2cc(ccc2OC(=O)OC(C)(C)C)C[C@@H](C(=O)N[C@@H](C)C(O)C(F)(F)C(N)=O)NC1=O. The number of carbonyl (C=O) groups excluding carboxylic acids is 9. The van der Waals surface area contributed by atoms with Crippen LogP contribution < -0.4 is 41.8 Å². The van der Waals surface area contributed by atoms with Gasteiger partial charge in [-0.05, 0) is 166 Å². The molecule has 4 bridgehead atoms. The van der Waals surface area contributed by atoms with Gasteiger partial charge in [0.2, 0.25) is 23.6 Å². The van der Waals surface area contributed by atoms with Gasteiger partial charge in [-0.25, -0.2) is 14.4 Å². The summed E-state index contributed by atoms with van der Waals surface area (Å²) in [7, 11) is 1.27. The number of amides is 7. The minimum absolute atomic E-state index is 0.000153. The van der Waals surface area contributed by atoms with Crippen molar-refractivity contribution in [2.45, 2.75) is 161 Å². The van der Waals surface area contributed by atoms with Gasteiger partial charge in [0.15, 0.2) is 0 Å². The summed E-state index contributed by atoms with van der Waals surface area (Å²) in [6.07, 6.45) is -5.90. The van der Waals surface area contributed by atoms with E-state index >= 15 is 9.59 Å². The fourth-order valence-corrected chi connectivity index (χ4v) is 8.69. The van der Waals surface area contributed by atoms with Crippen LogP contribution in [0.25, 0.3) is 22.3 Å². The van der Waals surface area contributed by atoms with Gasteiger partial charge in [0, 0.05) is 41.7 Å². The Bertz CT molecular complexity index is 3120. The highest BCUT2D eigenvalue weighted by atomic mass is 35.5. The Kier molecular flexibility index (Phi) is 22.2. The Labute approximate surface area is 496 Å². The second-order valence-electron chi connectivity index (χ2n) is 23.3. The molecule has 5 rings (SSSR count). The normalized spacial score (nSPS) is 16.7. The molecule has 6 atom stereocenters. The minimum Gasteiger partial charge on any atom is -0.444 e. The van der Waals surface area contributed by atoms with Crippen molar-refractivity contribution >= 4 is 65.4 Å². The Morgan fingerprint density at radius 3 is 1.80 bits per heavy atom. The zero-order valence-corrected chi connectivity index (χ0v) is 50.2. The molecule has 0 aliphatic carbocycles. The fraction of sp³-hybridized carbons (Fsp3) is 0.450. The van der Waals surface area contributed by atoms with Gasteiger partial charge in [0.25, 0.3) is 11.8 Å². The number of ether oxygens (including phenoxy) is 5. The zero-order valence-electron chi connectivity index (χ0n) is 49.4. The molecule has 0 radical (unpaired) electrons. The number of alkyl halides is 2. The van der Waals surface area contributed by atoms with Crippen LogP contribution in [0.3, 0.4) is 0 Å². The molecule has 460 valence electrons. The van der Waals surface area contributed by atoms with Gasteiger partial charge < -0.3 is 66.0 Å². The highest BCUT2D eigenvalue weighted by molar-refractivity contribution is 6.30. The van der Waals surface area contributed by atoms with Crippen molar-refractivity contribution in [1.82, 2.24) is 31.5 Å². The molecule has 0 spiro atoms. The maximum absolute atomic E-state index is 15.3. The van der Waals surface area contributed by atoms with Crippen molar-refractivity contribution in [1.29, 1.82) is 0 Å². The number of hydrogen-bond acceptors (Lipinski definition) is 15. The van der Waals surface area contributed by atoms with Crippen LogP contribution in [0, 0.1) is 0 Å². The van der Waals surface area contributed by atoms with Crippen molar-refractivity contribution in [3.8, 4) is 33.8 Å². The lowest BCUT2D eigenvalue weighted by Gasteiger charge is -2.33. The lowest BCUT2D eigenvalue weighted by molar-refractivity contribution is -0.163. The minimum atomic E-state index is -4.51. The van der Waals surface area contributed by atoms with Gasteiger partial charge in [-0.15, -0.1) is 0 Å². The second-order valence-corrected chi connectivity index (χ2v) is 23.8. The molecule has 8 N–H and O–H groups in total. The Morgan fingerprint density at radius 1 is 0.729 bits per heavy atom. The Hall–Kier alpha value is -8.38. The first-order chi connectivity index (χ1) is 39.4. The van der Waals surface area contributed by atoms with E-state index in [0.717, 1.165) is 23.0 Å². The van der Waals surface area contributed by atoms with E-state index in [-0.39, 0.29) is 58.7 Å². The number of nitrogens with zero attached hydrogens (tertiary/aromatic N) is 1. The van der Waals surface area contributed by atoms with E-state index in [9.17, 15) is 47.4 Å². The molecule has 1 aliphatic heterocycles. The van der Waals surface area contributed by atoms with Crippen molar-refractivity contribution in [2.24, 2.45) is 5.73 Å². The molecule has 1 aliphatic rings. The number of aliphatic hydroxyl groups excluding tert-OH is 1. The molecule has 4 aromatic carbocycles. The number of fused-ring (bicyclic) bond motifs is 5. The number of unbranched alkanes of at least 4 members (excludes halogenated alkanes) is 1. The largest absolute Gasteiger partial charge is 0.514 e. The fourth-order valence-electron chi connectivity index (χ4n) is 8.56. The van der Waals surface area contributed by atoms with Gasteiger partial charge in [0.05, 0.1) is 6.04 Å². The van der Waals surface area contributed by atoms with E-state index in [1.165, 1.54) is 50.4 Å². The first-order valence-electron chi connectivity index (χ1n) is 27.2. The number of alkyl carbamates (subject to hydrolysis) is 1. The van der Waals surface area contributed by atoms with Crippen LogP contribution in [0.4, 0.5) is 23.2 Å². The van der Waals surface area contributed by atoms with Crippen LogP contribution in [-0.4, -0.2) is 130 Å².